The molecule has 0 amide bonds. The minimum absolute atomic E-state index is 0.395. The van der Waals surface area contributed by atoms with Crippen molar-refractivity contribution in [3.63, 3.8) is 0 Å². The van der Waals surface area contributed by atoms with Gasteiger partial charge in [0.25, 0.3) is 0 Å². The van der Waals surface area contributed by atoms with Crippen LogP contribution < -0.4 is 5.32 Å². The Hall–Kier alpha value is -1.60. The van der Waals surface area contributed by atoms with Crippen LogP contribution in [-0.2, 0) is 6.54 Å². The molecule has 0 aliphatic carbocycles. The van der Waals surface area contributed by atoms with Gasteiger partial charge in [0, 0.05) is 12.6 Å². The Morgan fingerprint density at radius 1 is 0.905 bits per heavy atom. The third-order valence-electron chi connectivity index (χ3n) is 4.16. The van der Waals surface area contributed by atoms with E-state index in [1.54, 1.807) is 0 Å². The summed E-state index contributed by atoms with van der Waals surface area (Å²) in [4.78, 5) is 0. The van der Waals surface area contributed by atoms with Crippen molar-refractivity contribution in [2.75, 3.05) is 0 Å². The molecule has 0 heterocycles. The summed E-state index contributed by atoms with van der Waals surface area (Å²) in [6.07, 6.45) is 0. The molecular weight excluding hydrogens is 254 g/mol. The van der Waals surface area contributed by atoms with E-state index in [1.165, 1.54) is 27.8 Å². The first kappa shape index (κ1) is 15.8. The first-order valence-electron chi connectivity index (χ1n) is 7.84. The highest BCUT2D eigenvalue weighted by Gasteiger charge is 2.15. The molecule has 2 rings (SSSR count). The summed E-state index contributed by atoms with van der Waals surface area (Å²) in [5.41, 5.74) is 6.92. The first-order valence-corrected chi connectivity index (χ1v) is 7.84. The molecule has 0 aliphatic rings. The second kappa shape index (κ2) is 6.91. The van der Waals surface area contributed by atoms with Crippen LogP contribution in [0.4, 0.5) is 0 Å². The van der Waals surface area contributed by atoms with Gasteiger partial charge in [-0.25, -0.2) is 0 Å². The molecule has 0 saturated carbocycles. The molecule has 0 radical (unpaired) electrons. The lowest BCUT2D eigenvalue weighted by atomic mass is 9.94. The summed E-state index contributed by atoms with van der Waals surface area (Å²) in [6, 6.07) is 15.7. The topological polar surface area (TPSA) is 12.0 Å². The Morgan fingerprint density at radius 3 is 2.00 bits per heavy atom. The van der Waals surface area contributed by atoms with Gasteiger partial charge in [-0.05, 0) is 48.9 Å². The van der Waals surface area contributed by atoms with Crippen LogP contribution in [0, 0.1) is 26.7 Å². The van der Waals surface area contributed by atoms with Gasteiger partial charge >= 0.3 is 0 Å². The van der Waals surface area contributed by atoms with Crippen LogP contribution in [0.3, 0.4) is 0 Å². The Labute approximate surface area is 129 Å². The fraction of sp³-hybridized carbons (Fsp3) is 0.400. The summed E-state index contributed by atoms with van der Waals surface area (Å²) in [7, 11) is 0. The van der Waals surface area contributed by atoms with E-state index < -0.39 is 0 Å². The highest BCUT2D eigenvalue weighted by atomic mass is 14.9. The monoisotopic (exact) mass is 281 g/mol. The highest BCUT2D eigenvalue weighted by Crippen LogP contribution is 2.23. The van der Waals surface area contributed by atoms with Crippen LogP contribution in [-0.4, -0.2) is 0 Å². The number of hydrogen-bond acceptors (Lipinski definition) is 1. The molecule has 2 aromatic carbocycles. The van der Waals surface area contributed by atoms with Gasteiger partial charge in [-0.2, -0.15) is 0 Å². The lowest BCUT2D eigenvalue weighted by molar-refractivity contribution is 0.410. The Morgan fingerprint density at radius 2 is 1.48 bits per heavy atom. The van der Waals surface area contributed by atoms with Gasteiger partial charge in [0.1, 0.15) is 0 Å². The van der Waals surface area contributed by atoms with E-state index in [2.05, 4.69) is 82.4 Å². The standard InChI is InChI=1S/C20H27N/c1-14(2)20(18-9-7-6-8-10-18)21-13-19-16(4)11-15(3)12-17(19)5/h6-12,14,20-21H,13H2,1-5H3. The largest absolute Gasteiger partial charge is 0.306 e. The van der Waals surface area contributed by atoms with Gasteiger partial charge in [-0.15, -0.1) is 0 Å². The van der Waals surface area contributed by atoms with Crippen LogP contribution >= 0.6 is 0 Å². The maximum atomic E-state index is 3.75. The van der Waals surface area contributed by atoms with Crippen LogP contribution in [0.15, 0.2) is 42.5 Å². The fourth-order valence-electron chi connectivity index (χ4n) is 3.10. The number of benzene rings is 2. The summed E-state index contributed by atoms with van der Waals surface area (Å²) in [5.74, 6) is 0.568. The molecule has 2 aromatic rings. The number of nitrogens with one attached hydrogen (secondary N) is 1. The van der Waals surface area contributed by atoms with Crippen molar-refractivity contribution in [3.8, 4) is 0 Å². The van der Waals surface area contributed by atoms with E-state index in [4.69, 9.17) is 0 Å². The molecule has 1 atom stereocenters. The third-order valence-corrected chi connectivity index (χ3v) is 4.16. The predicted octanol–water partition coefficient (Wildman–Crippen LogP) is 5.10. The summed E-state index contributed by atoms with van der Waals surface area (Å²) >= 11 is 0. The van der Waals surface area contributed by atoms with Crippen molar-refractivity contribution in [1.29, 1.82) is 0 Å². The van der Waals surface area contributed by atoms with Crippen LogP contribution in [0.25, 0.3) is 0 Å². The van der Waals surface area contributed by atoms with E-state index in [0.717, 1.165) is 6.54 Å². The molecule has 1 heteroatoms. The van der Waals surface area contributed by atoms with E-state index in [1.807, 2.05) is 0 Å². The zero-order chi connectivity index (χ0) is 15.4. The molecule has 0 saturated heterocycles. The second-order valence-corrected chi connectivity index (χ2v) is 6.39. The lowest BCUT2D eigenvalue weighted by Crippen LogP contribution is -2.26. The smallest absolute Gasteiger partial charge is 0.0346 e. The maximum absolute atomic E-state index is 3.75. The van der Waals surface area contributed by atoms with Crippen molar-refractivity contribution in [3.05, 3.63) is 70.3 Å². The fourth-order valence-corrected chi connectivity index (χ4v) is 3.10. The molecule has 0 fully saturated rings. The van der Waals surface area contributed by atoms with Gasteiger partial charge < -0.3 is 5.32 Å². The van der Waals surface area contributed by atoms with Gasteiger partial charge in [-0.3, -0.25) is 0 Å². The first-order chi connectivity index (χ1) is 9.99. The van der Waals surface area contributed by atoms with Crippen molar-refractivity contribution < 1.29 is 0 Å². The SMILES string of the molecule is Cc1cc(C)c(CNC(c2ccccc2)C(C)C)c(C)c1. The molecule has 0 bridgehead atoms. The number of aryl methyl sites for hydroxylation is 3. The molecule has 1 nitrogen and oxygen atoms in total. The third kappa shape index (κ3) is 3.95. The van der Waals surface area contributed by atoms with E-state index >= 15 is 0 Å². The normalized spacial score (nSPS) is 12.7. The zero-order valence-corrected chi connectivity index (χ0v) is 13.9. The highest BCUT2D eigenvalue weighted by molar-refractivity contribution is 5.37. The van der Waals surface area contributed by atoms with Crippen molar-refractivity contribution in [2.24, 2.45) is 5.92 Å². The minimum Gasteiger partial charge on any atom is -0.306 e. The van der Waals surface area contributed by atoms with Crippen molar-refractivity contribution in [1.82, 2.24) is 5.32 Å². The zero-order valence-electron chi connectivity index (χ0n) is 13.9. The van der Waals surface area contributed by atoms with Crippen molar-refractivity contribution in [2.45, 2.75) is 47.2 Å². The van der Waals surface area contributed by atoms with E-state index in [0.29, 0.717) is 12.0 Å². The average Bonchev–Trinajstić information content (AvgIpc) is 2.42. The maximum Gasteiger partial charge on any atom is 0.0346 e. The molecule has 1 N–H and O–H groups in total. The number of hydrogen-bond donors (Lipinski definition) is 1. The molecule has 21 heavy (non-hydrogen) atoms. The average molecular weight is 281 g/mol. The second-order valence-electron chi connectivity index (χ2n) is 6.39. The lowest BCUT2D eigenvalue weighted by Gasteiger charge is -2.24. The van der Waals surface area contributed by atoms with Crippen LogP contribution in [0.5, 0.6) is 0 Å². The van der Waals surface area contributed by atoms with Gasteiger partial charge in [0.15, 0.2) is 0 Å². The summed E-state index contributed by atoms with van der Waals surface area (Å²) in [5, 5.41) is 3.75. The van der Waals surface area contributed by atoms with Crippen LogP contribution in [0.1, 0.15) is 47.7 Å². The van der Waals surface area contributed by atoms with E-state index in [9.17, 15) is 0 Å². The molecule has 0 aromatic heterocycles. The van der Waals surface area contributed by atoms with Gasteiger partial charge in [0.05, 0.1) is 0 Å². The summed E-state index contributed by atoms with van der Waals surface area (Å²) in [6.45, 7) is 12.1. The molecule has 0 spiro atoms. The molecular formula is C20H27N. The number of rotatable bonds is 5. The Bertz CT molecular complexity index is 561. The quantitative estimate of drug-likeness (QED) is 0.804. The predicted molar refractivity (Wildman–Crippen MR) is 91.5 cm³/mol. The summed E-state index contributed by atoms with van der Waals surface area (Å²) < 4.78 is 0. The van der Waals surface area contributed by atoms with Gasteiger partial charge in [0.2, 0.25) is 0 Å². The molecule has 0 aliphatic heterocycles. The molecule has 112 valence electrons. The molecule has 1 unspecified atom stereocenters. The van der Waals surface area contributed by atoms with Crippen molar-refractivity contribution >= 4 is 0 Å². The van der Waals surface area contributed by atoms with E-state index in [-0.39, 0.29) is 0 Å². The van der Waals surface area contributed by atoms with Crippen LogP contribution in [0.2, 0.25) is 0 Å². The Balaban J connectivity index is 2.17. The van der Waals surface area contributed by atoms with Gasteiger partial charge in [-0.1, -0.05) is 61.9 Å². The Kier molecular flexibility index (Phi) is 5.19. The minimum atomic E-state index is 0.395.